The van der Waals surface area contributed by atoms with Crippen LogP contribution in [0.15, 0.2) is 52.5 Å². The molecular formula is C21H19ClFN3O4S. The number of hydrogen-bond donors (Lipinski definition) is 0. The van der Waals surface area contributed by atoms with Crippen molar-refractivity contribution in [2.45, 2.75) is 23.8 Å². The number of rotatable bonds is 4. The van der Waals surface area contributed by atoms with E-state index in [0.717, 1.165) is 6.42 Å². The van der Waals surface area contributed by atoms with Gasteiger partial charge in [-0.1, -0.05) is 22.8 Å². The van der Waals surface area contributed by atoms with Gasteiger partial charge in [0.15, 0.2) is 6.10 Å². The standard InChI is InChI=1S/C21H19ClFN3O4S/c22-16-3-1-4-17(23)20(16)21-15-11-25(12-18(15)30-24-21)31(28,29)14-8-6-13(7-9-14)26-10-2-5-19(26)27/h1,3-4,6-9,15,18H,2,5,10-12H2. The number of benzene rings is 2. The van der Waals surface area contributed by atoms with Gasteiger partial charge in [-0.15, -0.1) is 0 Å². The average molecular weight is 464 g/mol. The molecule has 5 rings (SSSR count). The fraction of sp³-hybridized carbons (Fsp3) is 0.333. The number of fused-ring (bicyclic) bond motifs is 1. The van der Waals surface area contributed by atoms with Crippen molar-refractivity contribution in [2.75, 3.05) is 24.5 Å². The fourth-order valence-corrected chi connectivity index (χ4v) is 6.08. The Morgan fingerprint density at radius 1 is 1.13 bits per heavy atom. The van der Waals surface area contributed by atoms with E-state index in [-0.39, 0.29) is 34.5 Å². The summed E-state index contributed by atoms with van der Waals surface area (Å²) in [4.78, 5) is 19.1. The number of nitrogens with zero attached hydrogens (tertiary/aromatic N) is 3. The first-order chi connectivity index (χ1) is 14.9. The summed E-state index contributed by atoms with van der Waals surface area (Å²) in [5, 5.41) is 4.20. The molecule has 3 aliphatic rings. The molecule has 2 atom stereocenters. The number of halogens is 2. The zero-order chi connectivity index (χ0) is 21.8. The summed E-state index contributed by atoms with van der Waals surface area (Å²) in [6.07, 6.45) is 0.805. The number of carbonyl (C=O) groups is 1. The molecule has 1 amide bonds. The van der Waals surface area contributed by atoms with Gasteiger partial charge in [0.2, 0.25) is 15.9 Å². The lowest BCUT2D eigenvalue weighted by Gasteiger charge is -2.19. The molecule has 7 nitrogen and oxygen atoms in total. The second-order valence-corrected chi connectivity index (χ2v) is 10.1. The van der Waals surface area contributed by atoms with Crippen LogP contribution in [0.1, 0.15) is 18.4 Å². The van der Waals surface area contributed by atoms with Crippen molar-refractivity contribution < 1.29 is 22.4 Å². The summed E-state index contributed by atoms with van der Waals surface area (Å²) in [6, 6.07) is 10.7. The van der Waals surface area contributed by atoms with Crippen molar-refractivity contribution in [1.29, 1.82) is 0 Å². The average Bonchev–Trinajstić information content (AvgIpc) is 3.45. The maximum Gasteiger partial charge on any atom is 0.243 e. The van der Waals surface area contributed by atoms with Crippen LogP contribution in [-0.4, -0.2) is 50.1 Å². The van der Waals surface area contributed by atoms with Gasteiger partial charge in [-0.05, 0) is 42.8 Å². The molecular weight excluding hydrogens is 445 g/mol. The van der Waals surface area contributed by atoms with Crippen molar-refractivity contribution in [3.8, 4) is 0 Å². The van der Waals surface area contributed by atoms with E-state index in [2.05, 4.69) is 5.16 Å². The van der Waals surface area contributed by atoms with Crippen molar-refractivity contribution in [1.82, 2.24) is 4.31 Å². The van der Waals surface area contributed by atoms with Crippen LogP contribution in [0.3, 0.4) is 0 Å². The summed E-state index contributed by atoms with van der Waals surface area (Å²) >= 11 is 6.16. The van der Waals surface area contributed by atoms with E-state index in [4.69, 9.17) is 16.4 Å². The Balaban J connectivity index is 1.37. The Morgan fingerprint density at radius 3 is 2.58 bits per heavy atom. The highest BCUT2D eigenvalue weighted by atomic mass is 35.5. The van der Waals surface area contributed by atoms with Gasteiger partial charge in [-0.3, -0.25) is 4.79 Å². The molecule has 3 aliphatic heterocycles. The molecule has 0 spiro atoms. The van der Waals surface area contributed by atoms with Crippen molar-refractivity contribution in [3.63, 3.8) is 0 Å². The van der Waals surface area contributed by atoms with Gasteiger partial charge in [0.1, 0.15) is 5.82 Å². The van der Waals surface area contributed by atoms with E-state index in [1.807, 2.05) is 0 Å². The van der Waals surface area contributed by atoms with Crippen LogP contribution in [0, 0.1) is 11.7 Å². The van der Waals surface area contributed by atoms with E-state index in [0.29, 0.717) is 24.4 Å². The van der Waals surface area contributed by atoms with Crippen molar-refractivity contribution in [3.05, 3.63) is 58.9 Å². The van der Waals surface area contributed by atoms with E-state index < -0.39 is 27.9 Å². The molecule has 0 N–H and O–H groups in total. The zero-order valence-corrected chi connectivity index (χ0v) is 17.9. The Morgan fingerprint density at radius 2 is 1.90 bits per heavy atom. The second kappa shape index (κ2) is 7.58. The van der Waals surface area contributed by atoms with Gasteiger partial charge in [0, 0.05) is 25.2 Å². The van der Waals surface area contributed by atoms with Crippen LogP contribution in [-0.2, 0) is 19.7 Å². The predicted molar refractivity (Wildman–Crippen MR) is 113 cm³/mol. The number of carbonyl (C=O) groups excluding carboxylic acids is 1. The summed E-state index contributed by atoms with van der Waals surface area (Å²) in [5.41, 5.74) is 1.16. The quantitative estimate of drug-likeness (QED) is 0.698. The Bertz CT molecular complexity index is 1170. The third kappa shape index (κ3) is 3.40. The second-order valence-electron chi connectivity index (χ2n) is 7.79. The Hall–Kier alpha value is -2.49. The molecule has 0 aromatic heterocycles. The molecule has 2 aromatic carbocycles. The zero-order valence-electron chi connectivity index (χ0n) is 16.4. The van der Waals surface area contributed by atoms with E-state index in [1.54, 1.807) is 23.1 Å². The molecule has 0 radical (unpaired) electrons. The Kier molecular flexibility index (Phi) is 4.99. The number of sulfonamides is 1. The minimum atomic E-state index is -3.79. The van der Waals surface area contributed by atoms with E-state index >= 15 is 0 Å². The highest BCUT2D eigenvalue weighted by Gasteiger charge is 2.47. The Labute approximate surface area is 184 Å². The fourth-order valence-electron chi connectivity index (χ4n) is 4.34. The summed E-state index contributed by atoms with van der Waals surface area (Å²) in [7, 11) is -3.79. The van der Waals surface area contributed by atoms with E-state index in [1.165, 1.54) is 28.6 Å². The minimum absolute atomic E-state index is 0.0405. The highest BCUT2D eigenvalue weighted by molar-refractivity contribution is 7.89. The molecule has 2 aromatic rings. The van der Waals surface area contributed by atoms with Gasteiger partial charge in [-0.2, -0.15) is 4.31 Å². The monoisotopic (exact) mass is 463 g/mol. The normalized spacial score (nSPS) is 23.7. The molecule has 162 valence electrons. The van der Waals surface area contributed by atoms with Gasteiger partial charge in [0.25, 0.3) is 0 Å². The van der Waals surface area contributed by atoms with Crippen molar-refractivity contribution in [2.24, 2.45) is 11.1 Å². The molecule has 0 aliphatic carbocycles. The molecule has 2 saturated heterocycles. The number of anilines is 1. The van der Waals surface area contributed by atoms with Crippen LogP contribution in [0.5, 0.6) is 0 Å². The van der Waals surface area contributed by atoms with Crippen LogP contribution in [0.4, 0.5) is 10.1 Å². The highest BCUT2D eigenvalue weighted by Crippen LogP contribution is 2.36. The lowest BCUT2D eigenvalue weighted by molar-refractivity contribution is -0.117. The number of amides is 1. The largest absolute Gasteiger partial charge is 0.390 e. The van der Waals surface area contributed by atoms with Gasteiger partial charge >= 0.3 is 0 Å². The topological polar surface area (TPSA) is 79.3 Å². The first kappa shape index (κ1) is 20.4. The lowest BCUT2D eigenvalue weighted by atomic mass is 9.94. The number of hydrogen-bond acceptors (Lipinski definition) is 5. The smallest absolute Gasteiger partial charge is 0.243 e. The molecule has 2 fully saturated rings. The first-order valence-corrected chi connectivity index (χ1v) is 11.8. The van der Waals surface area contributed by atoms with Crippen LogP contribution in [0.2, 0.25) is 5.02 Å². The molecule has 0 bridgehead atoms. The molecule has 2 unspecified atom stereocenters. The van der Waals surface area contributed by atoms with E-state index in [9.17, 15) is 17.6 Å². The van der Waals surface area contributed by atoms with Crippen LogP contribution >= 0.6 is 11.6 Å². The molecule has 10 heteroatoms. The maximum atomic E-state index is 14.4. The van der Waals surface area contributed by atoms with Gasteiger partial charge < -0.3 is 9.74 Å². The molecule has 3 heterocycles. The first-order valence-electron chi connectivity index (χ1n) is 9.95. The third-order valence-electron chi connectivity index (χ3n) is 5.95. The lowest BCUT2D eigenvalue weighted by Crippen LogP contribution is -2.31. The van der Waals surface area contributed by atoms with Crippen LogP contribution < -0.4 is 4.90 Å². The summed E-state index contributed by atoms with van der Waals surface area (Å²) < 4.78 is 42.1. The van der Waals surface area contributed by atoms with Gasteiger partial charge in [-0.25, -0.2) is 12.8 Å². The van der Waals surface area contributed by atoms with Crippen LogP contribution in [0.25, 0.3) is 0 Å². The summed E-state index contributed by atoms with van der Waals surface area (Å²) in [5.74, 6) is -0.895. The third-order valence-corrected chi connectivity index (χ3v) is 8.11. The SMILES string of the molecule is O=C1CCCN1c1ccc(S(=O)(=O)N2CC3ON=C(c4c(F)cccc4Cl)C3C2)cc1. The minimum Gasteiger partial charge on any atom is -0.390 e. The molecule has 31 heavy (non-hydrogen) atoms. The van der Waals surface area contributed by atoms with Crippen molar-refractivity contribution >= 4 is 38.9 Å². The summed E-state index contributed by atoms with van der Waals surface area (Å²) in [6.45, 7) is 0.861. The number of oxime groups is 1. The molecule has 0 saturated carbocycles. The van der Waals surface area contributed by atoms with Gasteiger partial charge in [0.05, 0.1) is 33.7 Å². The maximum absolute atomic E-state index is 14.4. The predicted octanol–water partition coefficient (Wildman–Crippen LogP) is 3.03.